The molecule has 3 aromatic rings. The van der Waals surface area contributed by atoms with Crippen molar-refractivity contribution < 1.29 is 9.47 Å². The lowest BCUT2D eigenvalue weighted by atomic mass is 10.0. The Balaban J connectivity index is 1.68. The molecule has 1 aliphatic rings. The fraction of sp³-hybridized carbons (Fsp3) is 0.400. The number of benzene rings is 1. The summed E-state index contributed by atoms with van der Waals surface area (Å²) in [5.74, 6) is 2.25. The highest BCUT2D eigenvalue weighted by atomic mass is 16.5. The van der Waals surface area contributed by atoms with E-state index in [9.17, 15) is 0 Å². The van der Waals surface area contributed by atoms with Crippen LogP contribution in [0.5, 0.6) is 11.6 Å². The summed E-state index contributed by atoms with van der Waals surface area (Å²) in [5.41, 5.74) is 2.93. The first-order valence-corrected chi connectivity index (χ1v) is 9.19. The Hall–Kier alpha value is -2.80. The summed E-state index contributed by atoms with van der Waals surface area (Å²) in [4.78, 5) is 6.54. The monoisotopic (exact) mass is 367 g/mol. The number of H-pyrrole nitrogens is 1. The van der Waals surface area contributed by atoms with Crippen LogP contribution in [0.3, 0.4) is 0 Å². The highest BCUT2D eigenvalue weighted by Crippen LogP contribution is 2.36. The van der Waals surface area contributed by atoms with Gasteiger partial charge in [0.1, 0.15) is 5.75 Å². The zero-order valence-corrected chi connectivity index (χ0v) is 16.0. The number of aromatic amines is 1. The van der Waals surface area contributed by atoms with E-state index in [-0.39, 0.29) is 0 Å². The number of nitrogens with one attached hydrogen (secondary N) is 2. The van der Waals surface area contributed by atoms with Crippen molar-refractivity contribution >= 4 is 16.7 Å². The number of aromatic nitrogens is 3. The van der Waals surface area contributed by atoms with E-state index in [4.69, 9.17) is 9.47 Å². The molecule has 7 nitrogen and oxygen atoms in total. The molecule has 0 bridgehead atoms. The second-order valence-electron chi connectivity index (χ2n) is 6.98. The van der Waals surface area contributed by atoms with Crippen LogP contribution in [-0.2, 0) is 0 Å². The quantitative estimate of drug-likeness (QED) is 0.722. The number of nitrogens with zero attached hydrogens (tertiary/aromatic N) is 3. The van der Waals surface area contributed by atoms with Crippen molar-refractivity contribution in [1.82, 2.24) is 20.1 Å². The number of piperidine rings is 1. The molecule has 0 unspecified atom stereocenters. The van der Waals surface area contributed by atoms with E-state index in [1.54, 1.807) is 20.4 Å². The maximum Gasteiger partial charge on any atom is 0.213 e. The minimum absolute atomic E-state index is 0.447. The Morgan fingerprint density at radius 2 is 1.96 bits per heavy atom. The van der Waals surface area contributed by atoms with Gasteiger partial charge in [-0.05, 0) is 56.7 Å². The fourth-order valence-corrected chi connectivity index (χ4v) is 3.58. The Morgan fingerprint density at radius 3 is 2.70 bits per heavy atom. The Morgan fingerprint density at radius 1 is 1.15 bits per heavy atom. The Labute approximate surface area is 158 Å². The van der Waals surface area contributed by atoms with Crippen molar-refractivity contribution in [3.63, 3.8) is 0 Å². The second-order valence-corrected chi connectivity index (χ2v) is 6.98. The first-order valence-electron chi connectivity index (χ1n) is 9.19. The van der Waals surface area contributed by atoms with Crippen molar-refractivity contribution in [1.29, 1.82) is 0 Å². The number of rotatable bonds is 5. The molecule has 0 atom stereocenters. The first kappa shape index (κ1) is 17.6. The van der Waals surface area contributed by atoms with Gasteiger partial charge in [-0.15, -0.1) is 0 Å². The van der Waals surface area contributed by atoms with Gasteiger partial charge in [0.25, 0.3) is 0 Å². The molecule has 0 amide bonds. The third kappa shape index (κ3) is 3.55. The summed E-state index contributed by atoms with van der Waals surface area (Å²) < 4.78 is 10.9. The molecule has 27 heavy (non-hydrogen) atoms. The molecule has 0 aliphatic carbocycles. The lowest BCUT2D eigenvalue weighted by Gasteiger charge is -2.29. The van der Waals surface area contributed by atoms with Crippen LogP contribution in [0.1, 0.15) is 12.8 Å². The van der Waals surface area contributed by atoms with Gasteiger partial charge < -0.3 is 19.7 Å². The Bertz CT molecular complexity index is 931. The number of anilines is 1. The third-order valence-corrected chi connectivity index (χ3v) is 5.20. The topological polar surface area (TPSA) is 75.3 Å². The molecular formula is C20H25N5O2. The molecule has 0 saturated carbocycles. The van der Waals surface area contributed by atoms with E-state index in [0.717, 1.165) is 59.5 Å². The first-order chi connectivity index (χ1) is 13.2. The van der Waals surface area contributed by atoms with Gasteiger partial charge in [-0.25, -0.2) is 4.98 Å². The van der Waals surface area contributed by atoms with Gasteiger partial charge in [0.2, 0.25) is 5.88 Å². The Kier molecular flexibility index (Phi) is 4.85. The molecule has 142 valence electrons. The lowest BCUT2D eigenvalue weighted by molar-refractivity contribution is 0.263. The smallest absolute Gasteiger partial charge is 0.213 e. The van der Waals surface area contributed by atoms with Gasteiger partial charge >= 0.3 is 0 Å². The number of methoxy groups -OCH3 is 2. The molecule has 4 rings (SSSR count). The second kappa shape index (κ2) is 7.44. The molecule has 2 aromatic heterocycles. The predicted octanol–water partition coefficient (Wildman–Crippen LogP) is 3.15. The summed E-state index contributed by atoms with van der Waals surface area (Å²) in [5, 5.41) is 12.3. The van der Waals surface area contributed by atoms with Crippen LogP contribution < -0.4 is 14.8 Å². The van der Waals surface area contributed by atoms with Crippen LogP contribution in [-0.4, -0.2) is 60.5 Å². The van der Waals surface area contributed by atoms with Gasteiger partial charge in [-0.2, -0.15) is 5.10 Å². The number of ether oxygens (including phenoxy) is 2. The van der Waals surface area contributed by atoms with Gasteiger partial charge in [0.15, 0.2) is 5.82 Å². The number of likely N-dealkylation sites (tertiary alicyclic amines) is 1. The summed E-state index contributed by atoms with van der Waals surface area (Å²) in [7, 11) is 5.47. The van der Waals surface area contributed by atoms with Gasteiger partial charge in [0.05, 0.1) is 19.7 Å². The molecular weight excluding hydrogens is 342 g/mol. The van der Waals surface area contributed by atoms with Gasteiger partial charge in [0, 0.05) is 29.3 Å². The van der Waals surface area contributed by atoms with Crippen molar-refractivity contribution in [2.75, 3.05) is 39.7 Å². The van der Waals surface area contributed by atoms with E-state index < -0.39 is 0 Å². The van der Waals surface area contributed by atoms with Gasteiger partial charge in [-0.3, -0.25) is 5.10 Å². The van der Waals surface area contributed by atoms with Crippen LogP contribution in [0.15, 0.2) is 30.5 Å². The molecule has 0 radical (unpaired) electrons. The van der Waals surface area contributed by atoms with Crippen molar-refractivity contribution in [2.24, 2.45) is 0 Å². The molecule has 1 aliphatic heterocycles. The van der Waals surface area contributed by atoms with E-state index in [0.29, 0.717) is 11.9 Å². The van der Waals surface area contributed by atoms with Crippen LogP contribution in [0.2, 0.25) is 0 Å². The molecule has 1 saturated heterocycles. The highest BCUT2D eigenvalue weighted by Gasteiger charge is 2.19. The minimum Gasteiger partial charge on any atom is -0.496 e. The number of hydrogen-bond donors (Lipinski definition) is 2. The zero-order chi connectivity index (χ0) is 18.8. The third-order valence-electron chi connectivity index (χ3n) is 5.20. The lowest BCUT2D eigenvalue weighted by Crippen LogP contribution is -2.36. The van der Waals surface area contributed by atoms with E-state index in [2.05, 4.69) is 38.5 Å². The minimum atomic E-state index is 0.447. The van der Waals surface area contributed by atoms with E-state index in [1.807, 2.05) is 18.2 Å². The van der Waals surface area contributed by atoms with Crippen LogP contribution >= 0.6 is 0 Å². The molecule has 3 heterocycles. The van der Waals surface area contributed by atoms with E-state index in [1.165, 1.54) is 0 Å². The number of hydrogen-bond acceptors (Lipinski definition) is 6. The van der Waals surface area contributed by atoms with Crippen molar-refractivity contribution in [2.45, 2.75) is 18.9 Å². The average Bonchev–Trinajstić information content (AvgIpc) is 3.10. The van der Waals surface area contributed by atoms with Crippen LogP contribution in [0.4, 0.5) is 5.82 Å². The van der Waals surface area contributed by atoms with Crippen LogP contribution in [0, 0.1) is 0 Å². The van der Waals surface area contributed by atoms with Crippen molar-refractivity contribution in [3.05, 3.63) is 30.5 Å². The maximum atomic E-state index is 5.67. The van der Waals surface area contributed by atoms with Crippen molar-refractivity contribution in [3.8, 4) is 22.8 Å². The highest BCUT2D eigenvalue weighted by molar-refractivity contribution is 5.95. The van der Waals surface area contributed by atoms with Crippen LogP contribution in [0.25, 0.3) is 22.0 Å². The molecule has 0 spiro atoms. The van der Waals surface area contributed by atoms with E-state index >= 15 is 0 Å². The standard InChI is InChI=1S/C20H25N5O2/c1-25-8-5-14(6-9-25)22-20-16-12-18(26-2)15(11-17(16)23-24-20)13-4-7-21-19(10-13)27-3/h4,7,10-12,14H,5-6,8-9H2,1-3H3,(H2,22,23,24). The van der Waals surface area contributed by atoms with Gasteiger partial charge in [-0.1, -0.05) is 0 Å². The predicted molar refractivity (Wildman–Crippen MR) is 107 cm³/mol. The molecule has 1 fully saturated rings. The molecule has 2 N–H and O–H groups in total. The maximum absolute atomic E-state index is 5.67. The summed E-state index contributed by atoms with van der Waals surface area (Å²) in [6.07, 6.45) is 3.98. The largest absolute Gasteiger partial charge is 0.496 e. The summed E-state index contributed by atoms with van der Waals surface area (Å²) in [6.45, 7) is 2.22. The number of fused-ring (bicyclic) bond motifs is 1. The average molecular weight is 367 g/mol. The fourth-order valence-electron chi connectivity index (χ4n) is 3.58. The summed E-state index contributed by atoms with van der Waals surface area (Å²) in [6, 6.07) is 8.40. The zero-order valence-electron chi connectivity index (χ0n) is 16.0. The molecule has 7 heteroatoms. The SMILES string of the molecule is COc1cc(-c2cc3[nH]nc(NC4CCN(C)CC4)c3cc2OC)ccn1. The number of pyridine rings is 1. The normalized spacial score (nSPS) is 15.8. The summed E-state index contributed by atoms with van der Waals surface area (Å²) >= 11 is 0. The molecule has 1 aromatic carbocycles.